The van der Waals surface area contributed by atoms with Crippen molar-refractivity contribution in [1.29, 1.82) is 0 Å². The highest BCUT2D eigenvalue weighted by molar-refractivity contribution is 5.47. The molecule has 1 aliphatic heterocycles. The molecule has 2 nitrogen and oxygen atoms in total. The summed E-state index contributed by atoms with van der Waals surface area (Å²) in [7, 11) is 0. The maximum absolute atomic E-state index is 10.1. The quantitative estimate of drug-likeness (QED) is 0.732. The number of rotatable bonds is 1. The van der Waals surface area contributed by atoms with Crippen molar-refractivity contribution in [3.05, 3.63) is 30.3 Å². The summed E-state index contributed by atoms with van der Waals surface area (Å²) in [6.45, 7) is 5.69. The Bertz CT molecular complexity index is 307. The molecule has 0 unspecified atom stereocenters. The standard InChI is InChI=1S/C12H17NO/c1-10-8-13(9-12(10,2)14)11-6-4-3-5-7-11/h3-7,10,14H,8-9H2,1-2H3/t10-,12-/m1/s1. The van der Waals surface area contributed by atoms with Crippen LogP contribution in [0.1, 0.15) is 13.8 Å². The Morgan fingerprint density at radius 1 is 1.36 bits per heavy atom. The van der Waals surface area contributed by atoms with Crippen LogP contribution in [0.25, 0.3) is 0 Å². The van der Waals surface area contributed by atoms with E-state index in [0.29, 0.717) is 5.92 Å². The third kappa shape index (κ3) is 1.62. The Kier molecular flexibility index (Phi) is 2.23. The molecule has 2 rings (SSSR count). The van der Waals surface area contributed by atoms with Gasteiger partial charge in [-0.25, -0.2) is 0 Å². The van der Waals surface area contributed by atoms with Gasteiger partial charge >= 0.3 is 0 Å². The van der Waals surface area contributed by atoms with Crippen LogP contribution < -0.4 is 4.90 Å². The van der Waals surface area contributed by atoms with Gasteiger partial charge in [0.15, 0.2) is 0 Å². The van der Waals surface area contributed by atoms with Gasteiger partial charge in [-0.2, -0.15) is 0 Å². The molecule has 76 valence electrons. The van der Waals surface area contributed by atoms with Crippen molar-refractivity contribution in [2.45, 2.75) is 19.4 Å². The summed E-state index contributed by atoms with van der Waals surface area (Å²) in [6.07, 6.45) is 0. The van der Waals surface area contributed by atoms with Gasteiger partial charge in [0.1, 0.15) is 0 Å². The molecule has 2 atom stereocenters. The van der Waals surface area contributed by atoms with E-state index in [1.54, 1.807) is 0 Å². The summed E-state index contributed by atoms with van der Waals surface area (Å²) >= 11 is 0. The maximum atomic E-state index is 10.1. The average molecular weight is 191 g/mol. The topological polar surface area (TPSA) is 23.5 Å². The summed E-state index contributed by atoms with van der Waals surface area (Å²) in [5, 5.41) is 10.1. The molecule has 1 saturated heterocycles. The lowest BCUT2D eigenvalue weighted by Crippen LogP contribution is -2.33. The third-order valence-corrected chi connectivity index (χ3v) is 3.19. The molecule has 1 aromatic rings. The average Bonchev–Trinajstić information content (AvgIpc) is 2.43. The lowest BCUT2D eigenvalue weighted by atomic mass is 9.95. The first-order chi connectivity index (χ1) is 6.59. The Labute approximate surface area is 85.2 Å². The molecule has 0 spiro atoms. The molecule has 14 heavy (non-hydrogen) atoms. The highest BCUT2D eigenvalue weighted by atomic mass is 16.3. The van der Waals surface area contributed by atoms with Crippen LogP contribution in [0.3, 0.4) is 0 Å². The molecular formula is C12H17NO. The fourth-order valence-electron chi connectivity index (χ4n) is 1.97. The highest BCUT2D eigenvalue weighted by Crippen LogP contribution is 2.30. The number of para-hydroxylation sites is 1. The van der Waals surface area contributed by atoms with E-state index >= 15 is 0 Å². The van der Waals surface area contributed by atoms with Gasteiger partial charge in [-0.3, -0.25) is 0 Å². The van der Waals surface area contributed by atoms with E-state index in [4.69, 9.17) is 0 Å². The van der Waals surface area contributed by atoms with Crippen molar-refractivity contribution in [1.82, 2.24) is 0 Å². The number of β-amino-alcohol motifs (C(OH)–C–C–N with tert-alkyl or cyclic N) is 1. The summed E-state index contributed by atoms with van der Waals surface area (Å²) in [4.78, 5) is 2.24. The number of hydrogen-bond acceptors (Lipinski definition) is 2. The van der Waals surface area contributed by atoms with Gasteiger partial charge in [-0.15, -0.1) is 0 Å². The van der Waals surface area contributed by atoms with E-state index in [-0.39, 0.29) is 0 Å². The van der Waals surface area contributed by atoms with E-state index in [2.05, 4.69) is 24.0 Å². The summed E-state index contributed by atoms with van der Waals surface area (Å²) in [5.41, 5.74) is 0.660. The molecule has 1 aliphatic rings. The van der Waals surface area contributed by atoms with Crippen LogP contribution >= 0.6 is 0 Å². The first-order valence-corrected chi connectivity index (χ1v) is 5.12. The molecule has 0 saturated carbocycles. The Morgan fingerprint density at radius 3 is 2.50 bits per heavy atom. The molecule has 2 heteroatoms. The molecule has 0 radical (unpaired) electrons. The van der Waals surface area contributed by atoms with Gasteiger partial charge in [-0.05, 0) is 19.1 Å². The molecule has 0 bridgehead atoms. The molecule has 0 aromatic heterocycles. The van der Waals surface area contributed by atoms with Crippen LogP contribution in [0.2, 0.25) is 0 Å². The Hall–Kier alpha value is -1.02. The van der Waals surface area contributed by atoms with Gasteiger partial charge < -0.3 is 10.0 Å². The predicted octanol–water partition coefficient (Wildman–Crippen LogP) is 1.89. The molecule has 1 heterocycles. The largest absolute Gasteiger partial charge is 0.388 e. The van der Waals surface area contributed by atoms with Crippen molar-refractivity contribution in [2.75, 3.05) is 18.0 Å². The zero-order valence-corrected chi connectivity index (χ0v) is 8.77. The maximum Gasteiger partial charge on any atom is 0.0835 e. The summed E-state index contributed by atoms with van der Waals surface area (Å²) in [5.74, 6) is 0.336. The van der Waals surface area contributed by atoms with E-state index in [0.717, 1.165) is 13.1 Å². The Morgan fingerprint density at radius 2 is 2.00 bits per heavy atom. The minimum absolute atomic E-state index is 0.336. The van der Waals surface area contributed by atoms with Crippen molar-refractivity contribution >= 4 is 5.69 Å². The van der Waals surface area contributed by atoms with Crippen LogP contribution in [0.5, 0.6) is 0 Å². The van der Waals surface area contributed by atoms with Gasteiger partial charge in [0.05, 0.1) is 5.60 Å². The predicted molar refractivity (Wildman–Crippen MR) is 58.4 cm³/mol. The lowest BCUT2D eigenvalue weighted by Gasteiger charge is -2.21. The van der Waals surface area contributed by atoms with E-state index in [1.807, 2.05) is 25.1 Å². The monoisotopic (exact) mass is 191 g/mol. The fourth-order valence-corrected chi connectivity index (χ4v) is 1.97. The molecule has 0 aliphatic carbocycles. The second-order valence-electron chi connectivity index (χ2n) is 4.47. The number of hydrogen-bond donors (Lipinski definition) is 1. The summed E-state index contributed by atoms with van der Waals surface area (Å²) < 4.78 is 0. The number of anilines is 1. The highest BCUT2D eigenvalue weighted by Gasteiger charge is 2.38. The van der Waals surface area contributed by atoms with Crippen LogP contribution in [0, 0.1) is 5.92 Å². The number of benzene rings is 1. The van der Waals surface area contributed by atoms with E-state index in [9.17, 15) is 5.11 Å². The minimum atomic E-state index is -0.546. The third-order valence-electron chi connectivity index (χ3n) is 3.19. The van der Waals surface area contributed by atoms with Crippen LogP contribution in [0.15, 0.2) is 30.3 Å². The van der Waals surface area contributed by atoms with Gasteiger partial charge in [-0.1, -0.05) is 25.1 Å². The minimum Gasteiger partial charge on any atom is -0.388 e. The van der Waals surface area contributed by atoms with Crippen molar-refractivity contribution < 1.29 is 5.11 Å². The van der Waals surface area contributed by atoms with Gasteiger partial charge in [0.2, 0.25) is 0 Å². The smallest absolute Gasteiger partial charge is 0.0835 e. The number of nitrogens with zero attached hydrogens (tertiary/aromatic N) is 1. The van der Waals surface area contributed by atoms with Crippen LogP contribution in [-0.2, 0) is 0 Å². The second-order valence-corrected chi connectivity index (χ2v) is 4.47. The van der Waals surface area contributed by atoms with Crippen molar-refractivity contribution in [3.63, 3.8) is 0 Å². The zero-order chi connectivity index (χ0) is 10.2. The first kappa shape index (κ1) is 9.53. The molecule has 1 aromatic carbocycles. The van der Waals surface area contributed by atoms with Gasteiger partial charge in [0, 0.05) is 24.7 Å². The van der Waals surface area contributed by atoms with Crippen LogP contribution in [0.4, 0.5) is 5.69 Å². The fraction of sp³-hybridized carbons (Fsp3) is 0.500. The molecular weight excluding hydrogens is 174 g/mol. The van der Waals surface area contributed by atoms with Crippen molar-refractivity contribution in [2.24, 2.45) is 5.92 Å². The molecule has 0 amide bonds. The lowest BCUT2D eigenvalue weighted by molar-refractivity contribution is 0.0443. The van der Waals surface area contributed by atoms with E-state index in [1.165, 1.54) is 5.69 Å². The van der Waals surface area contributed by atoms with E-state index < -0.39 is 5.60 Å². The Balaban J connectivity index is 2.17. The number of aliphatic hydroxyl groups is 1. The van der Waals surface area contributed by atoms with Crippen LogP contribution in [-0.4, -0.2) is 23.8 Å². The molecule has 1 N–H and O–H groups in total. The zero-order valence-electron chi connectivity index (χ0n) is 8.77. The summed E-state index contributed by atoms with van der Waals surface area (Å²) in [6, 6.07) is 10.3. The van der Waals surface area contributed by atoms with Gasteiger partial charge in [0.25, 0.3) is 0 Å². The second kappa shape index (κ2) is 3.28. The SMILES string of the molecule is C[C@@H]1CN(c2ccccc2)C[C@@]1(C)O. The first-order valence-electron chi connectivity index (χ1n) is 5.12. The normalized spacial score (nSPS) is 32.2. The molecule has 1 fully saturated rings. The van der Waals surface area contributed by atoms with Crippen molar-refractivity contribution in [3.8, 4) is 0 Å².